The Labute approximate surface area is 129 Å². The molecule has 1 aromatic carbocycles. The Morgan fingerprint density at radius 3 is 2.95 bits per heavy atom. The Balaban J connectivity index is 1.66. The number of hydrogen-bond acceptors (Lipinski definition) is 4. The van der Waals surface area contributed by atoms with E-state index in [2.05, 4.69) is 5.32 Å². The van der Waals surface area contributed by atoms with Gasteiger partial charge < -0.3 is 14.5 Å². The number of furan rings is 1. The zero-order valence-corrected chi connectivity index (χ0v) is 12.8. The lowest BCUT2D eigenvalue weighted by Gasteiger charge is -2.22. The molecule has 1 amide bonds. The fourth-order valence-corrected chi connectivity index (χ4v) is 2.64. The van der Waals surface area contributed by atoms with Crippen LogP contribution in [-0.2, 0) is 6.42 Å². The minimum absolute atomic E-state index is 0.0108. The van der Waals surface area contributed by atoms with Crippen LogP contribution in [0.4, 0.5) is 0 Å². The first-order chi connectivity index (χ1) is 10.6. The van der Waals surface area contributed by atoms with Crippen LogP contribution >= 0.6 is 0 Å². The summed E-state index contributed by atoms with van der Waals surface area (Å²) in [5, 5.41) is 2.98. The number of hydrogen-bond donors (Lipinski definition) is 1. The second kappa shape index (κ2) is 6.23. The van der Waals surface area contributed by atoms with Crippen molar-refractivity contribution in [2.24, 2.45) is 0 Å². The van der Waals surface area contributed by atoms with Crippen LogP contribution < -0.4 is 10.1 Å². The van der Waals surface area contributed by atoms with Crippen molar-refractivity contribution in [1.82, 2.24) is 10.2 Å². The number of rotatable bonds is 5. The summed E-state index contributed by atoms with van der Waals surface area (Å²) in [5.41, 5.74) is 1.77. The maximum Gasteiger partial charge on any atom is 0.251 e. The smallest absolute Gasteiger partial charge is 0.251 e. The maximum atomic E-state index is 12.3. The summed E-state index contributed by atoms with van der Waals surface area (Å²) in [6, 6.07) is 9.37. The second-order valence-corrected chi connectivity index (χ2v) is 5.63. The van der Waals surface area contributed by atoms with Crippen LogP contribution in [0, 0.1) is 0 Å². The van der Waals surface area contributed by atoms with Gasteiger partial charge in [-0.25, -0.2) is 0 Å². The number of ether oxygens (including phenoxy) is 1. The van der Waals surface area contributed by atoms with E-state index in [-0.39, 0.29) is 11.9 Å². The molecule has 0 bridgehead atoms. The van der Waals surface area contributed by atoms with Gasteiger partial charge in [-0.2, -0.15) is 0 Å². The number of nitrogens with one attached hydrogen (secondary N) is 1. The van der Waals surface area contributed by atoms with E-state index in [4.69, 9.17) is 9.15 Å². The Morgan fingerprint density at radius 1 is 1.36 bits per heavy atom. The van der Waals surface area contributed by atoms with E-state index >= 15 is 0 Å². The highest BCUT2D eigenvalue weighted by Gasteiger charge is 2.19. The highest BCUT2D eigenvalue weighted by Crippen LogP contribution is 2.26. The summed E-state index contributed by atoms with van der Waals surface area (Å²) in [4.78, 5) is 14.4. The van der Waals surface area contributed by atoms with Crippen molar-refractivity contribution in [3.05, 3.63) is 53.5 Å². The molecule has 0 unspecified atom stereocenters. The SMILES string of the molecule is CN(C)[C@H](CNC(=O)c1ccc2c(c1)CCO2)c1ccco1. The molecule has 5 heteroatoms. The number of carbonyl (C=O) groups excluding carboxylic acids is 1. The predicted octanol–water partition coefficient (Wildman–Crippen LogP) is 2.25. The molecule has 0 aliphatic carbocycles. The first-order valence-corrected chi connectivity index (χ1v) is 7.39. The molecule has 22 heavy (non-hydrogen) atoms. The molecule has 2 aromatic rings. The summed E-state index contributed by atoms with van der Waals surface area (Å²) in [6.07, 6.45) is 2.51. The molecule has 0 radical (unpaired) electrons. The topological polar surface area (TPSA) is 54.7 Å². The molecule has 3 rings (SSSR count). The number of nitrogens with zero attached hydrogens (tertiary/aromatic N) is 1. The van der Waals surface area contributed by atoms with Gasteiger partial charge in [0.1, 0.15) is 11.5 Å². The molecule has 1 aliphatic rings. The van der Waals surface area contributed by atoms with Crippen molar-refractivity contribution >= 4 is 5.91 Å². The third kappa shape index (κ3) is 2.99. The Kier molecular flexibility index (Phi) is 4.15. The van der Waals surface area contributed by atoms with Crippen molar-refractivity contribution < 1.29 is 13.9 Å². The molecule has 1 atom stereocenters. The van der Waals surface area contributed by atoms with Gasteiger partial charge in [-0.1, -0.05) is 0 Å². The monoisotopic (exact) mass is 300 g/mol. The number of benzene rings is 1. The van der Waals surface area contributed by atoms with E-state index in [1.165, 1.54) is 0 Å². The second-order valence-electron chi connectivity index (χ2n) is 5.63. The minimum atomic E-state index is -0.0758. The van der Waals surface area contributed by atoms with Crippen molar-refractivity contribution in [2.45, 2.75) is 12.5 Å². The van der Waals surface area contributed by atoms with Gasteiger partial charge in [-0.3, -0.25) is 9.69 Å². The van der Waals surface area contributed by atoms with Gasteiger partial charge in [0.05, 0.1) is 18.9 Å². The number of amides is 1. The van der Waals surface area contributed by atoms with Gasteiger partial charge in [0, 0.05) is 18.5 Å². The molecule has 0 fully saturated rings. The lowest BCUT2D eigenvalue weighted by Crippen LogP contribution is -2.34. The Hall–Kier alpha value is -2.27. The van der Waals surface area contributed by atoms with Crippen LogP contribution in [-0.4, -0.2) is 38.1 Å². The lowest BCUT2D eigenvalue weighted by atomic mass is 10.1. The van der Waals surface area contributed by atoms with Crippen molar-refractivity contribution in [3.63, 3.8) is 0 Å². The fraction of sp³-hybridized carbons (Fsp3) is 0.353. The normalized spacial score (nSPS) is 14.5. The molecule has 1 aromatic heterocycles. The van der Waals surface area contributed by atoms with E-state index in [0.717, 1.165) is 23.5 Å². The third-order valence-corrected chi connectivity index (χ3v) is 3.90. The van der Waals surface area contributed by atoms with Crippen molar-refractivity contribution in [3.8, 4) is 5.75 Å². The molecule has 0 saturated carbocycles. The van der Waals surface area contributed by atoms with Crippen LogP contribution in [0.25, 0.3) is 0 Å². The molecular formula is C17H20N2O3. The highest BCUT2D eigenvalue weighted by atomic mass is 16.5. The summed E-state index contributed by atoms with van der Waals surface area (Å²) >= 11 is 0. The molecule has 5 nitrogen and oxygen atoms in total. The van der Waals surface area contributed by atoms with Crippen LogP contribution in [0.2, 0.25) is 0 Å². The molecule has 0 saturated heterocycles. The van der Waals surface area contributed by atoms with E-state index in [9.17, 15) is 4.79 Å². The first-order valence-electron chi connectivity index (χ1n) is 7.39. The summed E-state index contributed by atoms with van der Waals surface area (Å²) in [7, 11) is 3.93. The number of likely N-dealkylation sites (N-methyl/N-ethyl adjacent to an activating group) is 1. The minimum Gasteiger partial charge on any atom is -0.493 e. The van der Waals surface area contributed by atoms with Gasteiger partial charge in [0.25, 0.3) is 5.91 Å². The maximum absolute atomic E-state index is 12.3. The van der Waals surface area contributed by atoms with Crippen molar-refractivity contribution in [1.29, 1.82) is 0 Å². The van der Waals surface area contributed by atoms with Gasteiger partial charge >= 0.3 is 0 Å². The van der Waals surface area contributed by atoms with Crippen molar-refractivity contribution in [2.75, 3.05) is 27.2 Å². The highest BCUT2D eigenvalue weighted by molar-refractivity contribution is 5.94. The van der Waals surface area contributed by atoms with Gasteiger partial charge in [0.2, 0.25) is 0 Å². The average Bonchev–Trinajstić information content (AvgIpc) is 3.17. The molecule has 1 aliphatic heterocycles. The summed E-state index contributed by atoms with van der Waals surface area (Å²) < 4.78 is 10.9. The van der Waals surface area contributed by atoms with E-state index < -0.39 is 0 Å². The molecule has 1 N–H and O–H groups in total. The van der Waals surface area contributed by atoms with Crippen LogP contribution in [0.5, 0.6) is 5.75 Å². The van der Waals surface area contributed by atoms with E-state index in [1.54, 1.807) is 12.3 Å². The molecule has 116 valence electrons. The molecule has 0 spiro atoms. The van der Waals surface area contributed by atoms with E-state index in [0.29, 0.717) is 18.7 Å². The van der Waals surface area contributed by atoms with E-state index in [1.807, 2.05) is 43.3 Å². The molecule has 2 heterocycles. The standard InChI is InChI=1S/C17H20N2O3/c1-19(2)14(16-4-3-8-21-16)11-18-17(20)13-5-6-15-12(10-13)7-9-22-15/h3-6,8,10,14H,7,9,11H2,1-2H3,(H,18,20)/t14-/m1/s1. The first kappa shape index (κ1) is 14.7. The van der Waals surface area contributed by atoms with Gasteiger partial charge in [-0.15, -0.1) is 0 Å². The van der Waals surface area contributed by atoms with Crippen LogP contribution in [0.1, 0.15) is 27.7 Å². The lowest BCUT2D eigenvalue weighted by molar-refractivity contribution is 0.0939. The quantitative estimate of drug-likeness (QED) is 0.920. The third-order valence-electron chi connectivity index (χ3n) is 3.90. The number of carbonyl (C=O) groups is 1. The zero-order valence-electron chi connectivity index (χ0n) is 12.8. The van der Waals surface area contributed by atoms with Gasteiger partial charge in [-0.05, 0) is 50.0 Å². The largest absolute Gasteiger partial charge is 0.493 e. The molecular weight excluding hydrogens is 280 g/mol. The Bertz CT molecular complexity index is 650. The zero-order chi connectivity index (χ0) is 15.5. The van der Waals surface area contributed by atoms with Crippen LogP contribution in [0.3, 0.4) is 0 Å². The average molecular weight is 300 g/mol. The van der Waals surface area contributed by atoms with Crippen LogP contribution in [0.15, 0.2) is 41.0 Å². The van der Waals surface area contributed by atoms with Gasteiger partial charge in [0.15, 0.2) is 0 Å². The summed E-state index contributed by atoms with van der Waals surface area (Å²) in [6.45, 7) is 1.19. The Morgan fingerprint density at radius 2 is 2.23 bits per heavy atom. The fourth-order valence-electron chi connectivity index (χ4n) is 2.64. The predicted molar refractivity (Wildman–Crippen MR) is 83.1 cm³/mol. The number of fused-ring (bicyclic) bond motifs is 1. The summed E-state index contributed by atoms with van der Waals surface area (Å²) in [5.74, 6) is 1.65.